The van der Waals surface area contributed by atoms with Gasteiger partial charge in [0.2, 0.25) is 0 Å². The van der Waals surface area contributed by atoms with Crippen LogP contribution in [0.5, 0.6) is 0 Å². The van der Waals surface area contributed by atoms with Crippen molar-refractivity contribution in [2.45, 2.75) is 39.0 Å². The lowest BCUT2D eigenvalue weighted by atomic mass is 10.0. The molecule has 1 atom stereocenters. The van der Waals surface area contributed by atoms with Crippen LogP contribution < -0.4 is 5.32 Å². The third kappa shape index (κ3) is 6.17. The Morgan fingerprint density at radius 3 is 2.61 bits per heavy atom. The first-order valence-electron chi connectivity index (χ1n) is 10.1. The Kier molecular flexibility index (Phi) is 7.93. The lowest BCUT2D eigenvalue weighted by Gasteiger charge is -2.37. The van der Waals surface area contributed by atoms with Crippen molar-refractivity contribution >= 4 is 46.4 Å². The molecule has 1 aliphatic rings. The molecule has 31 heavy (non-hydrogen) atoms. The minimum Gasteiger partial charge on any atom is -0.380 e. The van der Waals surface area contributed by atoms with E-state index in [1.807, 2.05) is 0 Å². The normalized spacial score (nSPS) is 16.7. The van der Waals surface area contributed by atoms with E-state index >= 15 is 0 Å². The van der Waals surface area contributed by atoms with Crippen molar-refractivity contribution in [3.05, 3.63) is 49.9 Å². The Balaban J connectivity index is 1.49. The van der Waals surface area contributed by atoms with Crippen LogP contribution in [0, 0.1) is 0 Å². The highest BCUT2D eigenvalue weighted by atomic mass is 35.5. The van der Waals surface area contributed by atoms with Crippen LogP contribution in [0.1, 0.15) is 40.5 Å². The summed E-state index contributed by atoms with van der Waals surface area (Å²) in [5.41, 5.74) is -0.519. The van der Waals surface area contributed by atoms with Gasteiger partial charge in [0.25, 0.3) is 11.8 Å². The predicted octanol–water partition coefficient (Wildman–Crippen LogP) is 3.19. The second kappa shape index (κ2) is 10.3. The number of thiazole rings is 1. The molecule has 1 aliphatic heterocycles. The number of rotatable bonds is 7. The summed E-state index contributed by atoms with van der Waals surface area (Å²) in [6, 6.07) is 5.16. The molecule has 0 spiro atoms. The topological polar surface area (TPSA) is 85.8 Å². The fourth-order valence-electron chi connectivity index (χ4n) is 3.21. The van der Waals surface area contributed by atoms with Crippen LogP contribution in [-0.4, -0.2) is 63.5 Å². The van der Waals surface area contributed by atoms with E-state index in [1.165, 1.54) is 11.3 Å². The third-order valence-corrected chi connectivity index (χ3v) is 6.97. The summed E-state index contributed by atoms with van der Waals surface area (Å²) in [6.45, 7) is 6.81. The number of amides is 2. The highest BCUT2D eigenvalue weighted by molar-refractivity contribution is 7.13. The van der Waals surface area contributed by atoms with Crippen LogP contribution in [0.4, 0.5) is 0 Å². The number of piperazine rings is 1. The van der Waals surface area contributed by atoms with Gasteiger partial charge in [0.05, 0.1) is 12.7 Å². The van der Waals surface area contributed by atoms with Crippen molar-refractivity contribution in [1.82, 2.24) is 20.1 Å². The minimum atomic E-state index is -1.31. The zero-order chi connectivity index (χ0) is 22.6. The van der Waals surface area contributed by atoms with Gasteiger partial charge in [-0.1, -0.05) is 36.2 Å². The standard InChI is InChI=1S/C21H26Cl2N4O3S/c1-3-21(2,30)20(29)27-8-6-26(7-9-27)13-18-24-12-17(31-18)19(28)25-11-14-4-5-15(22)10-16(14)23/h4-5,10,12,30H,3,6-9,11,13H2,1-2H3,(H,25,28). The summed E-state index contributed by atoms with van der Waals surface area (Å²) in [5, 5.41) is 14.9. The number of hydrogen-bond acceptors (Lipinski definition) is 6. The van der Waals surface area contributed by atoms with E-state index < -0.39 is 5.60 Å². The van der Waals surface area contributed by atoms with E-state index in [1.54, 1.807) is 43.1 Å². The number of hydrogen-bond donors (Lipinski definition) is 2. The van der Waals surface area contributed by atoms with E-state index in [9.17, 15) is 14.7 Å². The van der Waals surface area contributed by atoms with Crippen LogP contribution in [0.3, 0.4) is 0 Å². The van der Waals surface area contributed by atoms with Gasteiger partial charge < -0.3 is 15.3 Å². The van der Waals surface area contributed by atoms with Gasteiger partial charge in [0.15, 0.2) is 0 Å². The van der Waals surface area contributed by atoms with Crippen molar-refractivity contribution in [2.24, 2.45) is 0 Å². The lowest BCUT2D eigenvalue weighted by molar-refractivity contribution is -0.151. The molecule has 168 valence electrons. The number of aromatic nitrogens is 1. The van der Waals surface area contributed by atoms with Gasteiger partial charge in [0.1, 0.15) is 15.5 Å². The van der Waals surface area contributed by atoms with Gasteiger partial charge in [-0.2, -0.15) is 0 Å². The number of benzene rings is 1. The fraction of sp³-hybridized carbons (Fsp3) is 0.476. The van der Waals surface area contributed by atoms with Gasteiger partial charge in [-0.15, -0.1) is 11.3 Å². The molecule has 0 saturated carbocycles. The molecule has 0 bridgehead atoms. The average Bonchev–Trinajstić information content (AvgIpc) is 3.21. The Morgan fingerprint density at radius 1 is 1.26 bits per heavy atom. The zero-order valence-electron chi connectivity index (χ0n) is 17.5. The average molecular weight is 485 g/mol. The number of carbonyl (C=O) groups is 2. The van der Waals surface area contributed by atoms with Crippen molar-refractivity contribution < 1.29 is 14.7 Å². The molecule has 1 aromatic carbocycles. The zero-order valence-corrected chi connectivity index (χ0v) is 19.9. The first-order chi connectivity index (χ1) is 14.7. The van der Waals surface area contributed by atoms with E-state index in [4.69, 9.17) is 23.2 Å². The smallest absolute Gasteiger partial charge is 0.263 e. The molecule has 2 amide bonds. The SMILES string of the molecule is CCC(C)(O)C(=O)N1CCN(Cc2ncc(C(=O)NCc3ccc(Cl)cc3Cl)s2)CC1. The molecule has 3 rings (SSSR count). The van der Waals surface area contributed by atoms with Crippen molar-refractivity contribution in [1.29, 1.82) is 0 Å². The summed E-state index contributed by atoms with van der Waals surface area (Å²) < 4.78 is 0. The summed E-state index contributed by atoms with van der Waals surface area (Å²) >= 11 is 13.4. The first kappa shape index (κ1) is 23.9. The quantitative estimate of drug-likeness (QED) is 0.630. The monoisotopic (exact) mass is 484 g/mol. The Bertz CT molecular complexity index is 942. The summed E-state index contributed by atoms with van der Waals surface area (Å²) in [5.74, 6) is -0.421. The van der Waals surface area contributed by atoms with Gasteiger partial charge in [-0.3, -0.25) is 14.5 Å². The third-order valence-electron chi connectivity index (χ3n) is 5.40. The maximum atomic E-state index is 12.5. The molecule has 7 nitrogen and oxygen atoms in total. The number of nitrogens with zero attached hydrogens (tertiary/aromatic N) is 3. The second-order valence-electron chi connectivity index (χ2n) is 7.73. The highest BCUT2D eigenvalue weighted by Crippen LogP contribution is 2.22. The number of nitrogens with one attached hydrogen (secondary N) is 1. The number of aliphatic hydroxyl groups is 1. The molecular weight excluding hydrogens is 459 g/mol. The molecule has 1 unspecified atom stereocenters. The van der Waals surface area contributed by atoms with Crippen LogP contribution in [0.25, 0.3) is 0 Å². The molecule has 1 fully saturated rings. The van der Waals surface area contributed by atoms with Crippen LogP contribution >= 0.6 is 34.5 Å². The Labute approximate surface area is 196 Å². The Morgan fingerprint density at radius 2 is 1.97 bits per heavy atom. The number of carbonyl (C=O) groups excluding carboxylic acids is 2. The molecule has 10 heteroatoms. The molecule has 1 aromatic heterocycles. The first-order valence-corrected chi connectivity index (χ1v) is 11.7. The van der Waals surface area contributed by atoms with Crippen LogP contribution in [0.15, 0.2) is 24.4 Å². The largest absolute Gasteiger partial charge is 0.380 e. The molecule has 0 aliphatic carbocycles. The summed E-state index contributed by atoms with van der Waals surface area (Å²) in [4.78, 5) is 33.6. The molecule has 2 aromatic rings. The lowest BCUT2D eigenvalue weighted by Crippen LogP contribution is -2.54. The van der Waals surface area contributed by atoms with E-state index in [-0.39, 0.29) is 11.8 Å². The van der Waals surface area contributed by atoms with Gasteiger partial charge in [-0.05, 0) is 31.0 Å². The van der Waals surface area contributed by atoms with Gasteiger partial charge in [-0.25, -0.2) is 4.98 Å². The summed E-state index contributed by atoms with van der Waals surface area (Å²) in [7, 11) is 0. The summed E-state index contributed by atoms with van der Waals surface area (Å²) in [6.07, 6.45) is 1.97. The van der Waals surface area contributed by atoms with Crippen molar-refractivity contribution in [3.8, 4) is 0 Å². The minimum absolute atomic E-state index is 0.202. The maximum Gasteiger partial charge on any atom is 0.263 e. The molecular formula is C21H26Cl2N4O3S. The fourth-order valence-corrected chi connectivity index (χ4v) is 4.56. The highest BCUT2D eigenvalue weighted by Gasteiger charge is 2.34. The number of halogens is 2. The van der Waals surface area contributed by atoms with Crippen molar-refractivity contribution in [3.63, 3.8) is 0 Å². The van der Waals surface area contributed by atoms with Gasteiger partial charge in [0, 0.05) is 42.8 Å². The van der Waals surface area contributed by atoms with E-state index in [0.29, 0.717) is 60.6 Å². The Hall–Kier alpha value is -1.71. The second-order valence-corrected chi connectivity index (χ2v) is 9.69. The maximum absolute atomic E-state index is 12.5. The van der Waals surface area contributed by atoms with Crippen LogP contribution in [-0.2, 0) is 17.9 Å². The molecule has 1 saturated heterocycles. The molecule has 2 N–H and O–H groups in total. The predicted molar refractivity (Wildman–Crippen MR) is 123 cm³/mol. The van der Waals surface area contributed by atoms with Crippen molar-refractivity contribution in [2.75, 3.05) is 26.2 Å². The van der Waals surface area contributed by atoms with Gasteiger partial charge >= 0.3 is 0 Å². The van der Waals surface area contributed by atoms with E-state index in [2.05, 4.69) is 15.2 Å². The van der Waals surface area contributed by atoms with E-state index in [0.717, 1.165) is 10.6 Å². The molecule has 2 heterocycles. The van der Waals surface area contributed by atoms with Crippen LogP contribution in [0.2, 0.25) is 10.0 Å². The molecule has 0 radical (unpaired) electrons.